The van der Waals surface area contributed by atoms with Gasteiger partial charge in [0.15, 0.2) is 0 Å². The van der Waals surface area contributed by atoms with E-state index < -0.39 is 4.92 Å². The second kappa shape index (κ2) is 5.79. The van der Waals surface area contributed by atoms with Crippen molar-refractivity contribution in [2.45, 2.75) is 31.7 Å². The molecule has 4 N–H and O–H groups in total. The number of nitrogen functional groups attached to an aromatic ring is 1. The van der Waals surface area contributed by atoms with Crippen LogP contribution in [-0.4, -0.2) is 32.6 Å². The van der Waals surface area contributed by atoms with Crippen LogP contribution in [0.3, 0.4) is 0 Å². The Morgan fingerprint density at radius 3 is 2.95 bits per heavy atom. The second-order valence-corrected chi connectivity index (χ2v) is 4.70. The third-order valence-corrected chi connectivity index (χ3v) is 3.45. The van der Waals surface area contributed by atoms with E-state index in [0.717, 1.165) is 31.9 Å². The fourth-order valence-corrected chi connectivity index (χ4v) is 2.42. The van der Waals surface area contributed by atoms with Gasteiger partial charge in [0, 0.05) is 18.6 Å². The monoisotopic (exact) mass is 267 g/mol. The minimum Gasteiger partial charge on any atom is -0.396 e. The van der Waals surface area contributed by atoms with E-state index in [1.165, 1.54) is 0 Å². The summed E-state index contributed by atoms with van der Waals surface area (Å²) in [6.07, 6.45) is 4.95. The summed E-state index contributed by atoms with van der Waals surface area (Å²) in [5.41, 5.74) is 5.27. The maximum atomic E-state index is 10.9. The van der Waals surface area contributed by atoms with Gasteiger partial charge in [0.1, 0.15) is 6.20 Å². The molecule has 1 aliphatic carbocycles. The Morgan fingerprint density at radius 2 is 2.26 bits per heavy atom. The number of nitro groups is 1. The van der Waals surface area contributed by atoms with Crippen molar-refractivity contribution in [2.75, 3.05) is 17.7 Å². The van der Waals surface area contributed by atoms with Gasteiger partial charge in [-0.05, 0) is 12.8 Å². The molecule has 0 radical (unpaired) electrons. The van der Waals surface area contributed by atoms with Crippen molar-refractivity contribution in [3.05, 3.63) is 16.3 Å². The number of anilines is 2. The average Bonchev–Trinajstić information content (AvgIpc) is 2.39. The van der Waals surface area contributed by atoms with Crippen molar-refractivity contribution in [1.82, 2.24) is 9.97 Å². The first-order valence-electron chi connectivity index (χ1n) is 6.26. The highest BCUT2D eigenvalue weighted by Gasteiger charge is 2.27. The van der Waals surface area contributed by atoms with E-state index in [-0.39, 0.29) is 36.0 Å². The van der Waals surface area contributed by atoms with Crippen LogP contribution < -0.4 is 11.1 Å². The minimum absolute atomic E-state index is 0.00976. The van der Waals surface area contributed by atoms with Gasteiger partial charge in [-0.15, -0.1) is 0 Å². The van der Waals surface area contributed by atoms with Crippen LogP contribution in [0.4, 0.5) is 17.5 Å². The molecule has 1 fully saturated rings. The molecule has 2 rings (SSSR count). The summed E-state index contributed by atoms with van der Waals surface area (Å²) in [6.45, 7) is 0.0615. The Bertz CT molecular complexity index is 468. The molecule has 8 heteroatoms. The van der Waals surface area contributed by atoms with Gasteiger partial charge in [-0.25, -0.2) is 4.98 Å². The van der Waals surface area contributed by atoms with Crippen molar-refractivity contribution in [3.8, 4) is 0 Å². The normalized spacial score (nSPS) is 23.0. The molecule has 2 atom stereocenters. The molecule has 0 aromatic carbocycles. The zero-order valence-electron chi connectivity index (χ0n) is 10.5. The number of nitrogens with zero attached hydrogens (tertiary/aromatic N) is 3. The predicted molar refractivity (Wildman–Crippen MR) is 69.6 cm³/mol. The molecule has 0 amide bonds. The Morgan fingerprint density at radius 1 is 1.53 bits per heavy atom. The van der Waals surface area contributed by atoms with Crippen LogP contribution in [0.15, 0.2) is 6.20 Å². The lowest BCUT2D eigenvalue weighted by molar-refractivity contribution is -0.384. The van der Waals surface area contributed by atoms with Gasteiger partial charge in [0.25, 0.3) is 0 Å². The molecule has 1 saturated carbocycles. The summed E-state index contributed by atoms with van der Waals surface area (Å²) in [7, 11) is 0. The smallest absolute Gasteiger partial charge is 0.329 e. The molecule has 1 aliphatic rings. The van der Waals surface area contributed by atoms with E-state index in [1.807, 2.05) is 0 Å². The van der Waals surface area contributed by atoms with Gasteiger partial charge in [-0.3, -0.25) is 10.1 Å². The number of hydrogen-bond acceptors (Lipinski definition) is 7. The summed E-state index contributed by atoms with van der Waals surface area (Å²) in [4.78, 5) is 17.9. The molecule has 0 bridgehead atoms. The lowest BCUT2D eigenvalue weighted by Gasteiger charge is -2.31. The number of nitrogens with one attached hydrogen (secondary N) is 1. The standard InChI is InChI=1S/C11H17N5O3/c12-11-13-5-9(16(18)19)10(15-11)14-8-4-2-1-3-7(8)6-17/h5,7-8,17H,1-4,6H2,(H3,12,13,14,15). The summed E-state index contributed by atoms with van der Waals surface area (Å²) >= 11 is 0. The van der Waals surface area contributed by atoms with E-state index >= 15 is 0 Å². The number of aromatic nitrogens is 2. The van der Waals surface area contributed by atoms with Crippen molar-refractivity contribution in [2.24, 2.45) is 5.92 Å². The highest BCUT2D eigenvalue weighted by atomic mass is 16.6. The van der Waals surface area contributed by atoms with Crippen LogP contribution in [0.2, 0.25) is 0 Å². The number of rotatable bonds is 4. The lowest BCUT2D eigenvalue weighted by atomic mass is 9.85. The molecule has 2 unspecified atom stereocenters. The largest absolute Gasteiger partial charge is 0.396 e. The fraction of sp³-hybridized carbons (Fsp3) is 0.636. The van der Waals surface area contributed by atoms with Crippen molar-refractivity contribution in [3.63, 3.8) is 0 Å². The number of aliphatic hydroxyl groups is 1. The first-order valence-corrected chi connectivity index (χ1v) is 6.26. The fourth-order valence-electron chi connectivity index (χ4n) is 2.42. The molecule has 104 valence electrons. The summed E-state index contributed by atoms with van der Waals surface area (Å²) in [5, 5.41) is 23.3. The Hall–Kier alpha value is -1.96. The zero-order chi connectivity index (χ0) is 13.8. The second-order valence-electron chi connectivity index (χ2n) is 4.70. The van der Waals surface area contributed by atoms with Crippen LogP contribution in [-0.2, 0) is 0 Å². The molecular formula is C11H17N5O3. The van der Waals surface area contributed by atoms with Crippen LogP contribution in [0.5, 0.6) is 0 Å². The van der Waals surface area contributed by atoms with Gasteiger partial charge in [0.05, 0.1) is 4.92 Å². The maximum absolute atomic E-state index is 10.9. The van der Waals surface area contributed by atoms with Crippen molar-refractivity contribution >= 4 is 17.5 Å². The van der Waals surface area contributed by atoms with E-state index in [1.54, 1.807) is 0 Å². The first kappa shape index (κ1) is 13.5. The topological polar surface area (TPSA) is 127 Å². The number of hydrogen-bond donors (Lipinski definition) is 3. The third kappa shape index (κ3) is 3.08. The van der Waals surface area contributed by atoms with E-state index in [4.69, 9.17) is 5.73 Å². The van der Waals surface area contributed by atoms with E-state index in [9.17, 15) is 15.2 Å². The quantitative estimate of drug-likeness (QED) is 0.547. The van der Waals surface area contributed by atoms with Gasteiger partial charge in [0.2, 0.25) is 11.8 Å². The molecule has 8 nitrogen and oxygen atoms in total. The van der Waals surface area contributed by atoms with Crippen molar-refractivity contribution < 1.29 is 10.0 Å². The van der Waals surface area contributed by atoms with Crippen LogP contribution >= 0.6 is 0 Å². The highest BCUT2D eigenvalue weighted by Crippen LogP contribution is 2.29. The molecule has 0 saturated heterocycles. The van der Waals surface area contributed by atoms with Crippen LogP contribution in [0.25, 0.3) is 0 Å². The molecule has 0 aliphatic heterocycles. The number of nitrogens with two attached hydrogens (primary N) is 1. The molecule has 19 heavy (non-hydrogen) atoms. The number of aliphatic hydroxyl groups excluding tert-OH is 1. The Balaban J connectivity index is 2.21. The molecule has 1 aromatic heterocycles. The zero-order valence-corrected chi connectivity index (χ0v) is 10.5. The summed E-state index contributed by atoms with van der Waals surface area (Å²) < 4.78 is 0. The van der Waals surface area contributed by atoms with Crippen LogP contribution in [0, 0.1) is 16.0 Å². The summed E-state index contributed by atoms with van der Waals surface area (Å²) in [6, 6.07) is -0.0215. The van der Waals surface area contributed by atoms with Gasteiger partial charge in [-0.2, -0.15) is 4.98 Å². The van der Waals surface area contributed by atoms with E-state index in [2.05, 4.69) is 15.3 Å². The summed E-state index contributed by atoms with van der Waals surface area (Å²) in [5.74, 6) is 0.205. The Kier molecular flexibility index (Phi) is 4.10. The van der Waals surface area contributed by atoms with Gasteiger partial charge >= 0.3 is 5.69 Å². The predicted octanol–water partition coefficient (Wildman–Crippen LogP) is 0.930. The maximum Gasteiger partial charge on any atom is 0.329 e. The van der Waals surface area contributed by atoms with E-state index in [0.29, 0.717) is 0 Å². The average molecular weight is 267 g/mol. The lowest BCUT2D eigenvalue weighted by Crippen LogP contribution is -2.35. The van der Waals surface area contributed by atoms with Gasteiger partial charge in [-0.1, -0.05) is 12.8 Å². The first-order chi connectivity index (χ1) is 9.11. The molecule has 1 heterocycles. The SMILES string of the molecule is Nc1ncc([N+](=O)[O-])c(NC2CCCCC2CO)n1. The highest BCUT2D eigenvalue weighted by molar-refractivity contribution is 5.56. The third-order valence-electron chi connectivity index (χ3n) is 3.45. The van der Waals surface area contributed by atoms with Crippen molar-refractivity contribution in [1.29, 1.82) is 0 Å². The molecule has 1 aromatic rings. The minimum atomic E-state index is -0.543. The Labute approximate surface area is 110 Å². The van der Waals surface area contributed by atoms with Gasteiger partial charge < -0.3 is 16.2 Å². The molecule has 0 spiro atoms. The molecular weight excluding hydrogens is 250 g/mol. The van der Waals surface area contributed by atoms with Crippen LogP contribution in [0.1, 0.15) is 25.7 Å².